The molecule has 0 aromatic carbocycles. The van der Waals surface area contributed by atoms with Gasteiger partial charge in [-0.1, -0.05) is 5.16 Å². The number of nitrogens with two attached hydrogens (primary N) is 2. The number of fused-ring (bicyclic) bond motifs is 1. The van der Waals surface area contributed by atoms with Gasteiger partial charge in [0.05, 0.1) is 9.96 Å². The van der Waals surface area contributed by atoms with Crippen LogP contribution in [-0.2, 0) is 14.4 Å². The largest absolute Gasteiger partial charge is 0.477 e. The van der Waals surface area contributed by atoms with E-state index in [0.717, 1.165) is 15.5 Å². The van der Waals surface area contributed by atoms with Crippen LogP contribution in [0.2, 0.25) is 0 Å². The molecular weight excluding hydrogens is 569 g/mol. The number of amides is 2. The number of carboxylic acid groups (broad SMARTS) is 1. The van der Waals surface area contributed by atoms with Crippen molar-refractivity contribution in [3.63, 3.8) is 0 Å². The molecule has 4 rings (SSSR count). The van der Waals surface area contributed by atoms with E-state index >= 15 is 0 Å². The lowest BCUT2D eigenvalue weighted by molar-refractivity contribution is -0.150. The summed E-state index contributed by atoms with van der Waals surface area (Å²) in [5, 5.41) is 33.6. The highest BCUT2D eigenvalue weighted by molar-refractivity contribution is 8.02. The first kappa shape index (κ1) is 26.3. The molecule has 0 spiro atoms. The number of thioether (sulfide) groups is 3. The molecule has 0 bridgehead atoms. The second kappa shape index (κ2) is 11.1. The number of β-lactam (4-membered cyclic amide) rings is 1. The molecule has 190 valence electrons. The second-order valence-electron chi connectivity index (χ2n) is 7.22. The fourth-order valence-electron chi connectivity index (χ4n) is 3.30. The van der Waals surface area contributed by atoms with Crippen LogP contribution >= 0.6 is 58.2 Å². The van der Waals surface area contributed by atoms with E-state index in [-0.39, 0.29) is 22.4 Å². The molecule has 2 amide bonds. The molecule has 8 N–H and O–H groups in total. The fourth-order valence-corrected chi connectivity index (χ4v) is 7.95. The lowest BCUT2D eigenvalue weighted by Crippen LogP contribution is -2.71. The first-order valence-electron chi connectivity index (χ1n) is 9.89. The topological polar surface area (TPSA) is 221 Å². The zero-order valence-electron chi connectivity index (χ0n) is 18.0. The van der Waals surface area contributed by atoms with E-state index in [4.69, 9.17) is 16.9 Å². The standard InChI is InChI=1S/C18H18N8O5S5/c19-8(20)5-33-10-1-9(25-36-10)32-2-6-3-34-16-12(15(28)26(16)13(6)17(29)30)23-14(27)11(24-31)7-4-35-18(21)22-7/h1,4,12,16,31H,2-3,5H2,(H3,19,20)(H2,21,22)(H,23,27)(H,29,30)/b24-11-/t12-,16+/m1/s1. The summed E-state index contributed by atoms with van der Waals surface area (Å²) >= 11 is 6.40. The molecule has 2 aromatic heterocycles. The molecular formula is C18H18N8O5S5. The summed E-state index contributed by atoms with van der Waals surface area (Å²) in [5.41, 5.74) is 11.1. The molecule has 36 heavy (non-hydrogen) atoms. The molecule has 0 unspecified atom stereocenters. The molecule has 2 aromatic rings. The van der Waals surface area contributed by atoms with Gasteiger partial charge in [0, 0.05) is 16.9 Å². The Hall–Kier alpha value is -2.80. The van der Waals surface area contributed by atoms with Gasteiger partial charge < -0.3 is 27.1 Å². The number of nitrogen functional groups attached to an aromatic ring is 1. The predicted octanol–water partition coefficient (Wildman–Crippen LogP) is 0.919. The summed E-state index contributed by atoms with van der Waals surface area (Å²) in [6.07, 6.45) is 0. The van der Waals surface area contributed by atoms with Gasteiger partial charge in [0.2, 0.25) is 0 Å². The molecule has 1 saturated heterocycles. The Labute approximate surface area is 224 Å². The van der Waals surface area contributed by atoms with E-state index in [2.05, 4.69) is 19.8 Å². The van der Waals surface area contributed by atoms with E-state index in [1.807, 2.05) is 6.07 Å². The smallest absolute Gasteiger partial charge is 0.352 e. The van der Waals surface area contributed by atoms with Gasteiger partial charge in [-0.3, -0.25) is 19.9 Å². The maximum atomic E-state index is 12.9. The van der Waals surface area contributed by atoms with E-state index in [9.17, 15) is 24.7 Å². The van der Waals surface area contributed by atoms with Gasteiger partial charge in [-0.2, -0.15) is 4.37 Å². The van der Waals surface area contributed by atoms with Crippen LogP contribution in [0, 0.1) is 5.41 Å². The Kier molecular flexibility index (Phi) is 8.08. The second-order valence-corrected chi connectivity index (χ2v) is 12.3. The molecule has 4 heterocycles. The van der Waals surface area contributed by atoms with E-state index in [1.165, 1.54) is 57.1 Å². The number of nitrogens with one attached hydrogen (secondary N) is 2. The predicted molar refractivity (Wildman–Crippen MR) is 140 cm³/mol. The molecule has 2 aliphatic heterocycles. The Bertz CT molecular complexity index is 1290. The van der Waals surface area contributed by atoms with Crippen molar-refractivity contribution >= 4 is 92.6 Å². The monoisotopic (exact) mass is 586 g/mol. The molecule has 0 aliphatic carbocycles. The number of carbonyl (C=O) groups excluding carboxylic acids is 2. The van der Waals surface area contributed by atoms with Crippen molar-refractivity contribution in [3.8, 4) is 0 Å². The van der Waals surface area contributed by atoms with Crippen LogP contribution in [0.4, 0.5) is 5.13 Å². The van der Waals surface area contributed by atoms with Gasteiger partial charge in [-0.25, -0.2) is 9.78 Å². The molecule has 2 atom stereocenters. The minimum atomic E-state index is -1.24. The van der Waals surface area contributed by atoms with Crippen molar-refractivity contribution in [2.75, 3.05) is 23.0 Å². The maximum Gasteiger partial charge on any atom is 0.352 e. The first-order chi connectivity index (χ1) is 17.2. The first-order valence-corrected chi connectivity index (χ1v) is 14.6. The average molecular weight is 587 g/mol. The number of anilines is 1. The van der Waals surface area contributed by atoms with E-state index < -0.39 is 34.9 Å². The molecule has 13 nitrogen and oxygen atoms in total. The number of thiazole rings is 1. The Balaban J connectivity index is 1.42. The summed E-state index contributed by atoms with van der Waals surface area (Å²) in [6, 6.07) is 0.859. The van der Waals surface area contributed by atoms with Gasteiger partial charge in [0.25, 0.3) is 11.8 Å². The number of nitrogens with zero attached hydrogens (tertiary/aromatic N) is 4. The third kappa shape index (κ3) is 5.46. The van der Waals surface area contributed by atoms with Crippen LogP contribution in [0.5, 0.6) is 0 Å². The zero-order chi connectivity index (χ0) is 26.0. The van der Waals surface area contributed by atoms with Gasteiger partial charge in [-0.05, 0) is 23.2 Å². The van der Waals surface area contributed by atoms with Crippen molar-refractivity contribution < 1.29 is 24.7 Å². The Morgan fingerprint density at radius 1 is 1.39 bits per heavy atom. The number of aromatic nitrogens is 2. The maximum absolute atomic E-state index is 12.9. The van der Waals surface area contributed by atoms with Crippen molar-refractivity contribution in [1.82, 2.24) is 19.6 Å². The van der Waals surface area contributed by atoms with Gasteiger partial charge in [0.15, 0.2) is 10.8 Å². The minimum absolute atomic E-state index is 0.0627. The van der Waals surface area contributed by atoms with Crippen molar-refractivity contribution in [3.05, 3.63) is 28.4 Å². The molecule has 1 fully saturated rings. The number of aliphatic carboxylic acids is 1. The molecule has 18 heteroatoms. The van der Waals surface area contributed by atoms with Crippen LogP contribution in [0.3, 0.4) is 0 Å². The summed E-state index contributed by atoms with van der Waals surface area (Å²) in [4.78, 5) is 42.6. The SMILES string of the molecule is N=C(N)CSc1cc(SCC2=C(C(=O)O)N3C(=O)[C@@H](NC(=O)/C(=N\O)c4csc(N)n4)[C@@H]3SC2)ns1. The highest BCUT2D eigenvalue weighted by Crippen LogP contribution is 2.42. The third-order valence-electron chi connectivity index (χ3n) is 4.85. The van der Waals surface area contributed by atoms with Crippen molar-refractivity contribution in [2.24, 2.45) is 10.9 Å². The average Bonchev–Trinajstić information content (AvgIpc) is 3.48. The van der Waals surface area contributed by atoms with Gasteiger partial charge >= 0.3 is 5.97 Å². The Morgan fingerprint density at radius 2 is 2.17 bits per heavy atom. The number of hydrogen-bond donors (Lipinski definition) is 6. The van der Waals surface area contributed by atoms with Crippen molar-refractivity contribution in [1.29, 1.82) is 5.41 Å². The Morgan fingerprint density at radius 3 is 2.81 bits per heavy atom. The van der Waals surface area contributed by atoms with Crippen LogP contribution in [0.15, 0.2) is 37.1 Å². The number of hydrogen-bond acceptors (Lipinski definition) is 14. The van der Waals surface area contributed by atoms with Crippen LogP contribution in [0.25, 0.3) is 0 Å². The third-order valence-corrected chi connectivity index (χ3v) is 9.99. The zero-order valence-corrected chi connectivity index (χ0v) is 22.1. The molecule has 0 radical (unpaired) electrons. The highest BCUT2D eigenvalue weighted by atomic mass is 32.2. The number of oxime groups is 1. The quantitative estimate of drug-likeness (QED) is 0.0571. The van der Waals surface area contributed by atoms with Gasteiger partial charge in [-0.15, -0.1) is 46.6 Å². The lowest BCUT2D eigenvalue weighted by Gasteiger charge is -2.49. The summed E-state index contributed by atoms with van der Waals surface area (Å²) in [5.74, 6) is -1.56. The van der Waals surface area contributed by atoms with E-state index in [1.54, 1.807) is 0 Å². The summed E-state index contributed by atoms with van der Waals surface area (Å²) in [6.45, 7) is 0. The van der Waals surface area contributed by atoms with Crippen molar-refractivity contribution in [2.45, 2.75) is 20.7 Å². The highest BCUT2D eigenvalue weighted by Gasteiger charge is 2.54. The molecule has 0 saturated carbocycles. The number of amidine groups is 1. The van der Waals surface area contributed by atoms with Crippen LogP contribution in [0.1, 0.15) is 5.69 Å². The number of rotatable bonds is 10. The lowest BCUT2D eigenvalue weighted by atomic mass is 10.0. The van der Waals surface area contributed by atoms with Crippen LogP contribution < -0.4 is 16.8 Å². The fraction of sp³-hybridized carbons (Fsp3) is 0.278. The summed E-state index contributed by atoms with van der Waals surface area (Å²) < 4.78 is 5.22. The molecule has 2 aliphatic rings. The van der Waals surface area contributed by atoms with Gasteiger partial charge in [0.1, 0.15) is 33.7 Å². The number of carbonyl (C=O) groups is 3. The summed E-state index contributed by atoms with van der Waals surface area (Å²) in [7, 11) is 0. The van der Waals surface area contributed by atoms with E-state index in [0.29, 0.717) is 27.9 Å². The minimum Gasteiger partial charge on any atom is -0.477 e. The number of carboxylic acids is 1. The normalized spacial score (nSPS) is 19.6. The van der Waals surface area contributed by atoms with Crippen LogP contribution in [-0.4, -0.2) is 82.6 Å².